The Morgan fingerprint density at radius 1 is 1.64 bits per heavy atom. The maximum atomic E-state index is 10.9. The van der Waals surface area contributed by atoms with Crippen LogP contribution in [-0.2, 0) is 4.79 Å². The lowest BCUT2D eigenvalue weighted by Crippen LogP contribution is -2.33. The van der Waals surface area contributed by atoms with Gasteiger partial charge in [0.15, 0.2) is 0 Å². The molecule has 4 heteroatoms. The van der Waals surface area contributed by atoms with Crippen molar-refractivity contribution in [2.24, 2.45) is 5.92 Å². The van der Waals surface area contributed by atoms with Crippen molar-refractivity contribution in [3.05, 3.63) is 0 Å². The number of likely N-dealkylation sites (tertiary alicyclic amines) is 1. The van der Waals surface area contributed by atoms with E-state index in [0.29, 0.717) is 0 Å². The zero-order chi connectivity index (χ0) is 10.6. The summed E-state index contributed by atoms with van der Waals surface area (Å²) in [5.74, 6) is 0.384. The summed E-state index contributed by atoms with van der Waals surface area (Å²) in [6.45, 7) is 4.03. The van der Waals surface area contributed by atoms with Gasteiger partial charge < -0.3 is 5.11 Å². The number of aliphatic carboxylic acids is 1. The van der Waals surface area contributed by atoms with Crippen LogP contribution < -0.4 is 0 Å². The molecule has 0 spiro atoms. The summed E-state index contributed by atoms with van der Waals surface area (Å²) in [4.78, 5) is 13.2. The van der Waals surface area contributed by atoms with E-state index in [9.17, 15) is 4.79 Å². The van der Waals surface area contributed by atoms with Crippen LogP contribution >= 0.6 is 11.8 Å². The highest BCUT2D eigenvalue weighted by Crippen LogP contribution is 2.24. The zero-order valence-electron chi connectivity index (χ0n) is 8.90. The van der Waals surface area contributed by atoms with Crippen molar-refractivity contribution in [2.75, 3.05) is 25.1 Å². The summed E-state index contributed by atoms with van der Waals surface area (Å²) < 4.78 is 0. The molecule has 0 aromatic heterocycles. The molecule has 14 heavy (non-hydrogen) atoms. The van der Waals surface area contributed by atoms with E-state index in [2.05, 4.69) is 11.2 Å². The molecule has 1 N–H and O–H groups in total. The number of hydrogen-bond acceptors (Lipinski definition) is 3. The average Bonchev–Trinajstić information content (AvgIpc) is 2.48. The molecular weight excluding hydrogens is 198 g/mol. The van der Waals surface area contributed by atoms with E-state index in [0.717, 1.165) is 25.9 Å². The van der Waals surface area contributed by atoms with Crippen LogP contribution in [0.5, 0.6) is 0 Å². The van der Waals surface area contributed by atoms with Crippen LogP contribution in [0.3, 0.4) is 0 Å². The van der Waals surface area contributed by atoms with Crippen LogP contribution in [0.15, 0.2) is 0 Å². The number of hydrogen-bond donors (Lipinski definition) is 1. The Bertz CT molecular complexity index is 199. The third-order valence-electron chi connectivity index (χ3n) is 3.00. The molecule has 1 rings (SSSR count). The van der Waals surface area contributed by atoms with Crippen LogP contribution in [0.25, 0.3) is 0 Å². The first-order valence-electron chi connectivity index (χ1n) is 5.12. The molecule has 3 nitrogen and oxygen atoms in total. The minimum Gasteiger partial charge on any atom is -0.481 e. The van der Waals surface area contributed by atoms with Gasteiger partial charge in [0.1, 0.15) is 0 Å². The summed E-state index contributed by atoms with van der Waals surface area (Å²) in [5, 5.41) is 8.94. The van der Waals surface area contributed by atoms with Gasteiger partial charge in [-0.1, -0.05) is 0 Å². The lowest BCUT2D eigenvalue weighted by molar-refractivity contribution is -0.142. The van der Waals surface area contributed by atoms with Gasteiger partial charge in [-0.05, 0) is 44.9 Å². The number of rotatable bonds is 5. The van der Waals surface area contributed by atoms with E-state index in [4.69, 9.17) is 5.11 Å². The molecule has 82 valence electrons. The van der Waals surface area contributed by atoms with E-state index in [-0.39, 0.29) is 12.0 Å². The van der Waals surface area contributed by atoms with Crippen molar-refractivity contribution >= 4 is 17.7 Å². The summed E-state index contributed by atoms with van der Waals surface area (Å²) in [6, 6.07) is 0.217. The quantitative estimate of drug-likeness (QED) is 0.709. The Morgan fingerprint density at radius 2 is 2.36 bits per heavy atom. The first-order valence-corrected chi connectivity index (χ1v) is 6.52. The molecule has 1 heterocycles. The Kier molecular flexibility index (Phi) is 4.75. The molecule has 0 radical (unpaired) electrons. The SMILES string of the molecule is CSCCCN1CCC(C(=O)O)C1C. The summed E-state index contributed by atoms with van der Waals surface area (Å²) in [7, 11) is 0. The number of thioether (sulfide) groups is 1. The topological polar surface area (TPSA) is 40.5 Å². The molecule has 0 bridgehead atoms. The minimum atomic E-state index is -0.634. The molecule has 0 amide bonds. The molecule has 0 aromatic rings. The molecule has 1 aliphatic heterocycles. The maximum Gasteiger partial charge on any atom is 0.308 e. The molecule has 2 atom stereocenters. The fourth-order valence-electron chi connectivity index (χ4n) is 2.06. The normalized spacial score (nSPS) is 28.1. The Morgan fingerprint density at radius 3 is 2.86 bits per heavy atom. The molecular formula is C10H19NO2S. The first kappa shape index (κ1) is 11.9. The smallest absolute Gasteiger partial charge is 0.308 e. The van der Waals surface area contributed by atoms with Gasteiger partial charge in [0.05, 0.1) is 5.92 Å². The maximum absolute atomic E-state index is 10.9. The van der Waals surface area contributed by atoms with Crippen LogP contribution in [-0.4, -0.2) is 47.1 Å². The van der Waals surface area contributed by atoms with E-state index >= 15 is 0 Å². The van der Waals surface area contributed by atoms with Gasteiger partial charge in [-0.25, -0.2) is 0 Å². The van der Waals surface area contributed by atoms with Crippen molar-refractivity contribution in [3.63, 3.8) is 0 Å². The lowest BCUT2D eigenvalue weighted by atomic mass is 10.0. The fraction of sp³-hybridized carbons (Fsp3) is 0.900. The second-order valence-electron chi connectivity index (χ2n) is 3.86. The highest BCUT2D eigenvalue weighted by molar-refractivity contribution is 7.98. The Labute approximate surface area is 89.9 Å². The van der Waals surface area contributed by atoms with Crippen molar-refractivity contribution in [1.82, 2.24) is 4.90 Å². The lowest BCUT2D eigenvalue weighted by Gasteiger charge is -2.22. The number of carboxylic acids is 1. The predicted molar refractivity (Wildman–Crippen MR) is 59.8 cm³/mol. The summed E-state index contributed by atoms with van der Waals surface area (Å²) in [5.41, 5.74) is 0. The van der Waals surface area contributed by atoms with Gasteiger partial charge in [-0.15, -0.1) is 0 Å². The molecule has 1 fully saturated rings. The van der Waals surface area contributed by atoms with E-state index in [1.54, 1.807) is 0 Å². The van der Waals surface area contributed by atoms with E-state index in [1.165, 1.54) is 5.75 Å². The predicted octanol–water partition coefficient (Wildman–Crippen LogP) is 1.53. The Hall–Kier alpha value is -0.220. The second kappa shape index (κ2) is 5.61. The third kappa shape index (κ3) is 2.89. The molecule has 0 aromatic carbocycles. The Balaban J connectivity index is 2.32. The number of carboxylic acid groups (broad SMARTS) is 1. The fourth-order valence-corrected chi connectivity index (χ4v) is 2.48. The van der Waals surface area contributed by atoms with Gasteiger partial charge >= 0.3 is 5.97 Å². The van der Waals surface area contributed by atoms with Crippen molar-refractivity contribution in [2.45, 2.75) is 25.8 Å². The standard InChI is InChI=1S/C10H19NO2S/c1-8-9(10(12)13)4-6-11(8)5-3-7-14-2/h8-9H,3-7H2,1-2H3,(H,12,13). The van der Waals surface area contributed by atoms with Crippen LogP contribution in [0.1, 0.15) is 19.8 Å². The van der Waals surface area contributed by atoms with Crippen LogP contribution in [0.4, 0.5) is 0 Å². The van der Waals surface area contributed by atoms with Crippen molar-refractivity contribution in [1.29, 1.82) is 0 Å². The average molecular weight is 217 g/mol. The highest BCUT2D eigenvalue weighted by atomic mass is 32.2. The molecule has 1 saturated heterocycles. The van der Waals surface area contributed by atoms with E-state index < -0.39 is 5.97 Å². The zero-order valence-corrected chi connectivity index (χ0v) is 9.72. The summed E-state index contributed by atoms with van der Waals surface area (Å²) in [6.07, 6.45) is 4.08. The summed E-state index contributed by atoms with van der Waals surface area (Å²) >= 11 is 1.85. The minimum absolute atomic E-state index is 0.149. The first-order chi connectivity index (χ1) is 6.66. The largest absolute Gasteiger partial charge is 0.481 e. The van der Waals surface area contributed by atoms with Gasteiger partial charge in [0.2, 0.25) is 0 Å². The van der Waals surface area contributed by atoms with Crippen molar-refractivity contribution < 1.29 is 9.90 Å². The molecule has 0 aliphatic carbocycles. The monoisotopic (exact) mass is 217 g/mol. The van der Waals surface area contributed by atoms with E-state index in [1.807, 2.05) is 18.7 Å². The molecule has 1 aliphatic rings. The highest BCUT2D eigenvalue weighted by Gasteiger charge is 2.34. The van der Waals surface area contributed by atoms with Crippen molar-refractivity contribution in [3.8, 4) is 0 Å². The van der Waals surface area contributed by atoms with Gasteiger partial charge in [-0.2, -0.15) is 11.8 Å². The third-order valence-corrected chi connectivity index (χ3v) is 3.69. The number of nitrogens with zero attached hydrogens (tertiary/aromatic N) is 1. The van der Waals surface area contributed by atoms with Gasteiger partial charge in [-0.3, -0.25) is 9.69 Å². The molecule has 2 unspecified atom stereocenters. The number of carbonyl (C=O) groups is 1. The molecule has 0 saturated carbocycles. The van der Waals surface area contributed by atoms with Crippen LogP contribution in [0, 0.1) is 5.92 Å². The van der Waals surface area contributed by atoms with Gasteiger partial charge in [0, 0.05) is 6.04 Å². The second-order valence-corrected chi connectivity index (χ2v) is 4.84. The van der Waals surface area contributed by atoms with Crippen LogP contribution in [0.2, 0.25) is 0 Å². The van der Waals surface area contributed by atoms with Gasteiger partial charge in [0.25, 0.3) is 0 Å².